The SMILES string of the molecule is CN=C(NCC1CCc2nnc(C)n2C1)N1CCSC(C)(C)C1.I. The molecule has 1 unspecified atom stereocenters. The van der Waals surface area contributed by atoms with Crippen LogP contribution in [-0.2, 0) is 13.0 Å². The first kappa shape index (κ1) is 19.8. The van der Waals surface area contributed by atoms with Gasteiger partial charge in [0.25, 0.3) is 0 Å². The predicted molar refractivity (Wildman–Crippen MR) is 111 cm³/mol. The molecule has 0 saturated carbocycles. The third kappa shape index (κ3) is 4.56. The van der Waals surface area contributed by atoms with E-state index in [-0.39, 0.29) is 24.0 Å². The monoisotopic (exact) mass is 464 g/mol. The van der Waals surface area contributed by atoms with Crippen LogP contribution in [0.4, 0.5) is 0 Å². The van der Waals surface area contributed by atoms with Crippen LogP contribution in [0.25, 0.3) is 0 Å². The summed E-state index contributed by atoms with van der Waals surface area (Å²) in [5.41, 5.74) is 0. The Morgan fingerprint density at radius 1 is 1.42 bits per heavy atom. The van der Waals surface area contributed by atoms with Gasteiger partial charge in [0.1, 0.15) is 11.6 Å². The maximum absolute atomic E-state index is 4.50. The summed E-state index contributed by atoms with van der Waals surface area (Å²) in [6.07, 6.45) is 2.20. The lowest BCUT2D eigenvalue weighted by Gasteiger charge is -2.39. The van der Waals surface area contributed by atoms with E-state index in [2.05, 4.69) is 55.6 Å². The van der Waals surface area contributed by atoms with Crippen LogP contribution in [0.2, 0.25) is 0 Å². The smallest absolute Gasteiger partial charge is 0.193 e. The summed E-state index contributed by atoms with van der Waals surface area (Å²) in [6.45, 7) is 10.8. The number of fused-ring (bicyclic) bond motifs is 1. The standard InChI is InChI=1S/C16H28N6S.HI/c1-12-19-20-14-6-5-13(10-22(12)14)9-18-15(17-4)21-7-8-23-16(2,3)11-21;/h13H,5-11H2,1-4H3,(H,17,18);1H. The van der Waals surface area contributed by atoms with Crippen molar-refractivity contribution in [2.24, 2.45) is 10.9 Å². The summed E-state index contributed by atoms with van der Waals surface area (Å²) in [4.78, 5) is 6.90. The second kappa shape index (κ2) is 8.25. The molecule has 1 saturated heterocycles. The average Bonchev–Trinajstić information content (AvgIpc) is 2.88. The average molecular weight is 464 g/mol. The maximum atomic E-state index is 4.50. The first-order valence-electron chi connectivity index (χ1n) is 8.47. The zero-order chi connectivity index (χ0) is 16.4. The largest absolute Gasteiger partial charge is 0.356 e. The minimum absolute atomic E-state index is 0. The van der Waals surface area contributed by atoms with E-state index >= 15 is 0 Å². The molecule has 0 amide bonds. The Labute approximate surface area is 166 Å². The van der Waals surface area contributed by atoms with Crippen molar-refractivity contribution in [1.29, 1.82) is 0 Å². The maximum Gasteiger partial charge on any atom is 0.193 e. The number of nitrogens with one attached hydrogen (secondary N) is 1. The van der Waals surface area contributed by atoms with Gasteiger partial charge in [-0.05, 0) is 33.1 Å². The van der Waals surface area contributed by atoms with Gasteiger partial charge in [-0.2, -0.15) is 11.8 Å². The number of aromatic nitrogens is 3. The van der Waals surface area contributed by atoms with Gasteiger partial charge >= 0.3 is 0 Å². The molecular formula is C16H29IN6S. The fraction of sp³-hybridized carbons (Fsp3) is 0.812. The molecule has 1 fully saturated rings. The number of aliphatic imine (C=N–C) groups is 1. The summed E-state index contributed by atoms with van der Waals surface area (Å²) >= 11 is 2.05. The van der Waals surface area contributed by atoms with Crippen LogP contribution in [0, 0.1) is 12.8 Å². The Kier molecular flexibility index (Phi) is 6.81. The Balaban J connectivity index is 0.00000208. The number of thioether (sulfide) groups is 1. The van der Waals surface area contributed by atoms with Crippen molar-refractivity contribution in [3.8, 4) is 0 Å². The lowest BCUT2D eigenvalue weighted by Crippen LogP contribution is -2.51. The molecular weight excluding hydrogens is 435 g/mol. The molecule has 1 aromatic rings. The fourth-order valence-electron chi connectivity index (χ4n) is 3.46. The van der Waals surface area contributed by atoms with Crippen LogP contribution < -0.4 is 5.32 Å². The molecule has 0 aromatic carbocycles. The van der Waals surface area contributed by atoms with Crippen molar-refractivity contribution >= 4 is 41.7 Å². The van der Waals surface area contributed by atoms with E-state index in [1.54, 1.807) is 0 Å². The Morgan fingerprint density at radius 3 is 2.92 bits per heavy atom. The highest BCUT2D eigenvalue weighted by atomic mass is 127. The Bertz CT molecular complexity index is 585. The van der Waals surface area contributed by atoms with Crippen LogP contribution >= 0.6 is 35.7 Å². The number of nitrogens with zero attached hydrogens (tertiary/aromatic N) is 5. The number of guanidine groups is 1. The van der Waals surface area contributed by atoms with Crippen LogP contribution in [-0.4, -0.2) is 62.8 Å². The van der Waals surface area contributed by atoms with E-state index in [9.17, 15) is 0 Å². The zero-order valence-corrected chi connectivity index (χ0v) is 18.2. The van der Waals surface area contributed by atoms with Crippen LogP contribution in [0.5, 0.6) is 0 Å². The van der Waals surface area contributed by atoms with Gasteiger partial charge in [0, 0.05) is 50.1 Å². The van der Waals surface area contributed by atoms with E-state index in [0.717, 1.165) is 50.2 Å². The molecule has 1 N–H and O–H groups in total. The summed E-state index contributed by atoms with van der Waals surface area (Å²) in [5, 5.41) is 12.0. The van der Waals surface area contributed by atoms with Crippen molar-refractivity contribution in [1.82, 2.24) is 25.0 Å². The highest BCUT2D eigenvalue weighted by Crippen LogP contribution is 2.29. The summed E-state index contributed by atoms with van der Waals surface area (Å²) < 4.78 is 2.56. The molecule has 2 aliphatic rings. The van der Waals surface area contributed by atoms with E-state index in [1.807, 2.05) is 14.0 Å². The molecule has 3 rings (SSSR count). The van der Waals surface area contributed by atoms with Crippen molar-refractivity contribution in [3.05, 3.63) is 11.6 Å². The van der Waals surface area contributed by atoms with Gasteiger partial charge in [0.2, 0.25) is 0 Å². The van der Waals surface area contributed by atoms with E-state index in [4.69, 9.17) is 0 Å². The molecule has 0 bridgehead atoms. The minimum atomic E-state index is 0. The Hall–Kier alpha value is -0.510. The number of hydrogen-bond acceptors (Lipinski definition) is 4. The van der Waals surface area contributed by atoms with Crippen LogP contribution in [0.1, 0.15) is 31.9 Å². The van der Waals surface area contributed by atoms with Crippen molar-refractivity contribution < 1.29 is 0 Å². The third-order valence-corrected chi connectivity index (χ3v) is 6.01. The molecule has 1 atom stereocenters. The molecule has 8 heteroatoms. The molecule has 1 aromatic heterocycles. The highest BCUT2D eigenvalue weighted by molar-refractivity contribution is 14.0. The van der Waals surface area contributed by atoms with Gasteiger partial charge in [0.15, 0.2) is 5.96 Å². The van der Waals surface area contributed by atoms with Gasteiger partial charge in [0.05, 0.1) is 0 Å². The quantitative estimate of drug-likeness (QED) is 0.413. The number of aryl methyl sites for hydroxylation is 2. The van der Waals surface area contributed by atoms with Crippen molar-refractivity contribution in [2.45, 2.75) is 44.9 Å². The summed E-state index contributed by atoms with van der Waals surface area (Å²) in [7, 11) is 1.89. The summed E-state index contributed by atoms with van der Waals surface area (Å²) in [5.74, 6) is 4.99. The fourth-order valence-corrected chi connectivity index (χ4v) is 4.57. The van der Waals surface area contributed by atoms with Gasteiger partial charge in [-0.3, -0.25) is 4.99 Å². The van der Waals surface area contributed by atoms with E-state index in [1.165, 1.54) is 12.2 Å². The highest BCUT2D eigenvalue weighted by Gasteiger charge is 2.29. The topological polar surface area (TPSA) is 58.3 Å². The molecule has 3 heterocycles. The molecule has 0 radical (unpaired) electrons. The second-order valence-corrected chi connectivity index (χ2v) is 8.94. The zero-order valence-electron chi connectivity index (χ0n) is 15.1. The number of hydrogen-bond donors (Lipinski definition) is 1. The number of halogens is 1. The van der Waals surface area contributed by atoms with Gasteiger partial charge in [-0.25, -0.2) is 0 Å². The first-order chi connectivity index (χ1) is 11.0. The van der Waals surface area contributed by atoms with Crippen molar-refractivity contribution in [3.63, 3.8) is 0 Å². The molecule has 2 aliphatic heterocycles. The molecule has 6 nitrogen and oxygen atoms in total. The van der Waals surface area contributed by atoms with Gasteiger partial charge in [-0.15, -0.1) is 34.2 Å². The summed E-state index contributed by atoms with van der Waals surface area (Å²) in [6, 6.07) is 0. The van der Waals surface area contributed by atoms with Gasteiger partial charge < -0.3 is 14.8 Å². The molecule has 24 heavy (non-hydrogen) atoms. The molecule has 0 aliphatic carbocycles. The van der Waals surface area contributed by atoms with Crippen LogP contribution in [0.15, 0.2) is 4.99 Å². The lowest BCUT2D eigenvalue weighted by molar-refractivity contribution is 0.340. The van der Waals surface area contributed by atoms with Gasteiger partial charge in [-0.1, -0.05) is 0 Å². The Morgan fingerprint density at radius 2 is 2.21 bits per heavy atom. The lowest BCUT2D eigenvalue weighted by atomic mass is 9.99. The second-order valence-electron chi connectivity index (χ2n) is 7.14. The normalized spacial score (nSPS) is 23.4. The number of rotatable bonds is 2. The molecule has 136 valence electrons. The van der Waals surface area contributed by atoms with E-state index < -0.39 is 0 Å². The third-order valence-electron chi connectivity index (χ3n) is 4.72. The van der Waals surface area contributed by atoms with Crippen LogP contribution in [0.3, 0.4) is 0 Å². The first-order valence-corrected chi connectivity index (χ1v) is 9.45. The molecule has 0 spiro atoms. The van der Waals surface area contributed by atoms with Crippen molar-refractivity contribution in [2.75, 3.05) is 32.4 Å². The van der Waals surface area contributed by atoms with E-state index in [0.29, 0.717) is 10.7 Å². The predicted octanol–water partition coefficient (Wildman–Crippen LogP) is 2.17. The minimum Gasteiger partial charge on any atom is -0.356 e.